The van der Waals surface area contributed by atoms with E-state index in [4.69, 9.17) is 0 Å². The van der Waals surface area contributed by atoms with E-state index in [1.165, 1.54) is 37.6 Å². The number of imidazole rings is 1. The summed E-state index contributed by atoms with van der Waals surface area (Å²) in [4.78, 5) is 4.66. The molecule has 1 aliphatic rings. The van der Waals surface area contributed by atoms with Gasteiger partial charge in [-0.3, -0.25) is 0 Å². The maximum absolute atomic E-state index is 4.66. The van der Waals surface area contributed by atoms with Gasteiger partial charge in [0.15, 0.2) is 0 Å². The number of hydrogen-bond donors (Lipinski definition) is 1. The molecule has 0 amide bonds. The lowest BCUT2D eigenvalue weighted by Gasteiger charge is -2.25. The molecule has 1 N–H and O–H groups in total. The highest BCUT2D eigenvalue weighted by atomic mass is 15.1. The number of aryl methyl sites for hydroxylation is 1. The van der Waals surface area contributed by atoms with Crippen molar-refractivity contribution in [2.24, 2.45) is 0 Å². The van der Waals surface area contributed by atoms with E-state index in [1.807, 2.05) is 0 Å². The minimum atomic E-state index is 0.448. The van der Waals surface area contributed by atoms with Crippen LogP contribution in [0.15, 0.2) is 24.3 Å². The van der Waals surface area contributed by atoms with Gasteiger partial charge in [0.2, 0.25) is 0 Å². The van der Waals surface area contributed by atoms with Crippen LogP contribution in [0.1, 0.15) is 50.9 Å². The van der Waals surface area contributed by atoms with Crippen LogP contribution in [0.3, 0.4) is 0 Å². The lowest BCUT2D eigenvalue weighted by atomic mass is 9.95. The smallest absolute Gasteiger partial charge is 0.107 e. The Hall–Kier alpha value is -1.35. The summed E-state index contributed by atoms with van der Waals surface area (Å²) in [6.45, 7) is 5.43. The predicted octanol–water partition coefficient (Wildman–Crippen LogP) is 3.83. The van der Waals surface area contributed by atoms with Gasteiger partial charge in [0.25, 0.3) is 0 Å². The fraction of sp³-hybridized carbons (Fsp3) is 0.588. The van der Waals surface area contributed by atoms with Crippen molar-refractivity contribution in [3.63, 3.8) is 0 Å². The van der Waals surface area contributed by atoms with Crippen molar-refractivity contribution in [3.8, 4) is 0 Å². The zero-order valence-electron chi connectivity index (χ0n) is 12.6. The molecule has 1 aliphatic carbocycles. The Morgan fingerprint density at radius 1 is 1.25 bits per heavy atom. The average molecular weight is 271 g/mol. The van der Waals surface area contributed by atoms with Crippen molar-refractivity contribution in [2.75, 3.05) is 6.54 Å². The maximum Gasteiger partial charge on any atom is 0.107 e. The summed E-state index contributed by atoms with van der Waals surface area (Å²) in [6.07, 6.45) is 6.88. The number of rotatable bonds is 4. The van der Waals surface area contributed by atoms with Crippen LogP contribution >= 0.6 is 0 Å². The zero-order chi connectivity index (χ0) is 13.9. The highest BCUT2D eigenvalue weighted by Crippen LogP contribution is 2.21. The topological polar surface area (TPSA) is 29.9 Å². The van der Waals surface area contributed by atoms with Gasteiger partial charge in [-0.15, -0.1) is 0 Å². The van der Waals surface area contributed by atoms with E-state index < -0.39 is 0 Å². The van der Waals surface area contributed by atoms with Crippen LogP contribution in [0.4, 0.5) is 0 Å². The molecule has 20 heavy (non-hydrogen) atoms. The highest BCUT2D eigenvalue weighted by Gasteiger charge is 2.16. The Balaban J connectivity index is 1.71. The van der Waals surface area contributed by atoms with Crippen molar-refractivity contribution in [1.82, 2.24) is 14.9 Å². The molecule has 0 bridgehead atoms. The molecule has 0 aliphatic heterocycles. The lowest BCUT2D eigenvalue weighted by Crippen LogP contribution is -2.35. The van der Waals surface area contributed by atoms with Crippen LogP contribution in [0.5, 0.6) is 0 Å². The van der Waals surface area contributed by atoms with Gasteiger partial charge in [-0.2, -0.15) is 0 Å². The number of benzene rings is 1. The molecule has 3 rings (SSSR count). The Morgan fingerprint density at radius 3 is 2.80 bits per heavy atom. The molecule has 108 valence electrons. The van der Waals surface area contributed by atoms with Crippen LogP contribution in [-0.2, 0) is 0 Å². The van der Waals surface area contributed by atoms with Crippen LogP contribution in [0.2, 0.25) is 0 Å². The quantitative estimate of drug-likeness (QED) is 0.916. The van der Waals surface area contributed by atoms with E-state index in [1.54, 1.807) is 0 Å². The Labute approximate surface area is 121 Å². The first-order valence-corrected chi connectivity index (χ1v) is 7.92. The molecule has 0 saturated heterocycles. The summed E-state index contributed by atoms with van der Waals surface area (Å²) in [7, 11) is 0. The van der Waals surface area contributed by atoms with Crippen molar-refractivity contribution >= 4 is 11.0 Å². The van der Waals surface area contributed by atoms with Gasteiger partial charge < -0.3 is 9.88 Å². The van der Waals surface area contributed by atoms with Crippen LogP contribution in [0.25, 0.3) is 11.0 Å². The molecule has 1 aromatic heterocycles. The summed E-state index contributed by atoms with van der Waals surface area (Å²) in [5, 5.41) is 3.75. The normalized spacial score (nSPS) is 18.5. The monoisotopic (exact) mass is 271 g/mol. The number of para-hydroxylation sites is 2. The van der Waals surface area contributed by atoms with E-state index >= 15 is 0 Å². The summed E-state index contributed by atoms with van der Waals surface area (Å²) in [5.41, 5.74) is 2.36. The van der Waals surface area contributed by atoms with Gasteiger partial charge in [-0.1, -0.05) is 31.4 Å². The molecule has 0 spiro atoms. The first-order valence-electron chi connectivity index (χ1n) is 7.92. The van der Waals surface area contributed by atoms with Crippen molar-refractivity contribution in [1.29, 1.82) is 0 Å². The third-order valence-electron chi connectivity index (χ3n) is 4.52. The van der Waals surface area contributed by atoms with E-state index in [2.05, 4.69) is 53.0 Å². The molecule has 1 atom stereocenters. The van der Waals surface area contributed by atoms with Crippen molar-refractivity contribution in [2.45, 2.75) is 58.0 Å². The second-order valence-electron chi connectivity index (χ2n) is 6.11. The summed E-state index contributed by atoms with van der Waals surface area (Å²) >= 11 is 0. The molecule has 3 nitrogen and oxygen atoms in total. The lowest BCUT2D eigenvalue weighted by molar-refractivity contribution is 0.351. The SMILES string of the molecule is Cc1nc2ccccc2n1C(C)CNC1CCCCC1. The van der Waals surface area contributed by atoms with Gasteiger partial charge in [0, 0.05) is 18.6 Å². The number of nitrogens with one attached hydrogen (secondary N) is 1. The molecule has 0 radical (unpaired) electrons. The first-order chi connectivity index (χ1) is 9.75. The molecule has 1 aromatic carbocycles. The number of hydrogen-bond acceptors (Lipinski definition) is 2. The van der Waals surface area contributed by atoms with Crippen molar-refractivity contribution in [3.05, 3.63) is 30.1 Å². The molecule has 1 saturated carbocycles. The fourth-order valence-corrected chi connectivity index (χ4v) is 3.46. The zero-order valence-corrected chi connectivity index (χ0v) is 12.6. The van der Waals surface area contributed by atoms with E-state index in [-0.39, 0.29) is 0 Å². The van der Waals surface area contributed by atoms with Gasteiger partial charge in [-0.05, 0) is 38.8 Å². The minimum Gasteiger partial charge on any atom is -0.324 e. The van der Waals surface area contributed by atoms with Crippen molar-refractivity contribution < 1.29 is 0 Å². The third kappa shape index (κ3) is 2.73. The van der Waals surface area contributed by atoms with Crippen LogP contribution in [-0.4, -0.2) is 22.1 Å². The minimum absolute atomic E-state index is 0.448. The van der Waals surface area contributed by atoms with Gasteiger partial charge >= 0.3 is 0 Å². The van der Waals surface area contributed by atoms with E-state index in [0.29, 0.717) is 6.04 Å². The standard InChI is InChI=1S/C17H25N3/c1-13(12-18-15-8-4-3-5-9-15)20-14(2)19-16-10-6-7-11-17(16)20/h6-7,10-11,13,15,18H,3-5,8-9,12H2,1-2H3. The second kappa shape index (κ2) is 5.96. The number of nitrogens with zero attached hydrogens (tertiary/aromatic N) is 2. The first kappa shape index (κ1) is 13.6. The molecule has 1 unspecified atom stereocenters. The van der Waals surface area contributed by atoms with Crippen LogP contribution < -0.4 is 5.32 Å². The maximum atomic E-state index is 4.66. The van der Waals surface area contributed by atoms with E-state index in [9.17, 15) is 0 Å². The fourth-order valence-electron chi connectivity index (χ4n) is 3.46. The second-order valence-corrected chi connectivity index (χ2v) is 6.11. The average Bonchev–Trinajstić information content (AvgIpc) is 2.82. The Kier molecular flexibility index (Phi) is 4.06. The molecular formula is C17H25N3. The van der Waals surface area contributed by atoms with Gasteiger partial charge in [0.1, 0.15) is 5.82 Å². The van der Waals surface area contributed by atoms with Crippen LogP contribution in [0, 0.1) is 6.92 Å². The molecule has 1 heterocycles. The summed E-state index contributed by atoms with van der Waals surface area (Å²) in [5.74, 6) is 1.11. The van der Waals surface area contributed by atoms with Gasteiger partial charge in [0.05, 0.1) is 11.0 Å². The Bertz CT molecular complexity index is 567. The Morgan fingerprint density at radius 2 is 2.00 bits per heavy atom. The van der Waals surface area contributed by atoms with E-state index in [0.717, 1.165) is 23.9 Å². The largest absolute Gasteiger partial charge is 0.324 e. The molecule has 1 fully saturated rings. The number of fused-ring (bicyclic) bond motifs is 1. The predicted molar refractivity (Wildman–Crippen MR) is 84.1 cm³/mol. The summed E-state index contributed by atoms with van der Waals surface area (Å²) in [6, 6.07) is 9.60. The number of aromatic nitrogens is 2. The molecule has 3 heteroatoms. The highest BCUT2D eigenvalue weighted by molar-refractivity contribution is 5.76. The summed E-state index contributed by atoms with van der Waals surface area (Å²) < 4.78 is 2.37. The third-order valence-corrected chi connectivity index (χ3v) is 4.52. The molecule has 2 aromatic rings. The van der Waals surface area contributed by atoms with Gasteiger partial charge in [-0.25, -0.2) is 4.98 Å². The molecular weight excluding hydrogens is 246 g/mol.